The molecule has 0 aliphatic rings. The van der Waals surface area contributed by atoms with Crippen molar-refractivity contribution in [1.29, 1.82) is 0 Å². The van der Waals surface area contributed by atoms with Gasteiger partial charge in [-0.3, -0.25) is 0 Å². The normalized spacial score (nSPS) is 10.9. The predicted octanol–water partition coefficient (Wildman–Crippen LogP) is 0.379. The number of methoxy groups -OCH3 is 1. The highest BCUT2D eigenvalue weighted by atomic mass is 32.2. The molecule has 0 amide bonds. The van der Waals surface area contributed by atoms with Gasteiger partial charge in [0.25, 0.3) is 16.0 Å². The highest BCUT2D eigenvalue weighted by Gasteiger charge is 2.20. The van der Waals surface area contributed by atoms with Crippen LogP contribution in [0.25, 0.3) is 0 Å². The standard InChI is InChI=1S/C11H10N4O5S/c1-20-9-3-2-7(6-8(9)10(16)17)21(18,19)15-11-12-4-5-13-14-11/h2-6H,1H3,(H,16,17)(H,12,14,15). The van der Waals surface area contributed by atoms with Gasteiger partial charge in [-0.1, -0.05) is 0 Å². The number of nitrogens with one attached hydrogen (secondary N) is 1. The molecule has 2 rings (SSSR count). The number of aromatic carboxylic acids is 1. The Kier molecular flexibility index (Phi) is 3.98. The Labute approximate surface area is 119 Å². The number of benzene rings is 1. The Bertz CT molecular complexity index is 763. The monoisotopic (exact) mass is 310 g/mol. The molecule has 0 fully saturated rings. The van der Waals surface area contributed by atoms with Crippen molar-refractivity contribution in [2.45, 2.75) is 4.90 Å². The van der Waals surface area contributed by atoms with Crippen LogP contribution in [0.4, 0.5) is 5.95 Å². The van der Waals surface area contributed by atoms with Crippen LogP contribution in [0.15, 0.2) is 35.5 Å². The fraction of sp³-hybridized carbons (Fsp3) is 0.0909. The number of hydrogen-bond donors (Lipinski definition) is 2. The zero-order chi connectivity index (χ0) is 15.5. The average Bonchev–Trinajstić information content (AvgIpc) is 2.47. The number of hydrogen-bond acceptors (Lipinski definition) is 7. The Hall–Kier alpha value is -2.75. The lowest BCUT2D eigenvalue weighted by molar-refractivity contribution is 0.0693. The van der Waals surface area contributed by atoms with Crippen LogP contribution >= 0.6 is 0 Å². The predicted molar refractivity (Wildman–Crippen MR) is 70.6 cm³/mol. The summed E-state index contributed by atoms with van der Waals surface area (Å²) in [5.74, 6) is -1.47. The van der Waals surface area contributed by atoms with Crippen molar-refractivity contribution < 1.29 is 23.1 Å². The third-order valence-electron chi connectivity index (χ3n) is 2.42. The van der Waals surface area contributed by atoms with Crippen molar-refractivity contribution >= 4 is 21.9 Å². The quantitative estimate of drug-likeness (QED) is 0.810. The van der Waals surface area contributed by atoms with E-state index in [0.29, 0.717) is 0 Å². The fourth-order valence-corrected chi connectivity index (χ4v) is 2.47. The highest BCUT2D eigenvalue weighted by molar-refractivity contribution is 7.92. The Morgan fingerprint density at radius 3 is 2.67 bits per heavy atom. The maximum absolute atomic E-state index is 12.1. The number of aromatic nitrogens is 3. The van der Waals surface area contributed by atoms with Crippen molar-refractivity contribution in [1.82, 2.24) is 15.2 Å². The highest BCUT2D eigenvalue weighted by Crippen LogP contribution is 2.23. The van der Waals surface area contributed by atoms with E-state index in [1.807, 2.05) is 0 Å². The molecule has 2 N–H and O–H groups in total. The van der Waals surface area contributed by atoms with Crippen molar-refractivity contribution in [2.24, 2.45) is 0 Å². The largest absolute Gasteiger partial charge is 0.496 e. The van der Waals surface area contributed by atoms with E-state index in [-0.39, 0.29) is 22.2 Å². The van der Waals surface area contributed by atoms with E-state index in [0.717, 1.165) is 6.07 Å². The minimum Gasteiger partial charge on any atom is -0.496 e. The van der Waals surface area contributed by atoms with Gasteiger partial charge in [0.1, 0.15) is 11.3 Å². The molecule has 2 aromatic rings. The first kappa shape index (κ1) is 14.7. The van der Waals surface area contributed by atoms with Crippen LogP contribution in [0.5, 0.6) is 5.75 Å². The lowest BCUT2D eigenvalue weighted by atomic mass is 10.2. The lowest BCUT2D eigenvalue weighted by Crippen LogP contribution is -2.16. The number of ether oxygens (including phenoxy) is 1. The molecule has 1 heterocycles. The van der Waals surface area contributed by atoms with E-state index >= 15 is 0 Å². The minimum atomic E-state index is -4.03. The number of rotatable bonds is 5. The summed E-state index contributed by atoms with van der Waals surface area (Å²) in [5, 5.41) is 16.0. The number of carbonyl (C=O) groups is 1. The zero-order valence-corrected chi connectivity index (χ0v) is 11.5. The summed E-state index contributed by atoms with van der Waals surface area (Å²) in [7, 11) is -2.74. The molecule has 110 valence electrons. The Balaban J connectivity index is 2.41. The maximum Gasteiger partial charge on any atom is 0.339 e. The summed E-state index contributed by atoms with van der Waals surface area (Å²) in [5.41, 5.74) is -0.271. The minimum absolute atomic E-state index is 0.0547. The third-order valence-corrected chi connectivity index (χ3v) is 3.75. The maximum atomic E-state index is 12.1. The first-order valence-electron chi connectivity index (χ1n) is 5.52. The van der Waals surface area contributed by atoms with Crippen LogP contribution < -0.4 is 9.46 Å². The number of carboxylic acids is 1. The number of anilines is 1. The van der Waals surface area contributed by atoms with Crippen LogP contribution in [0, 0.1) is 0 Å². The molecular formula is C11H10N4O5S. The molecule has 0 spiro atoms. The van der Waals surface area contributed by atoms with E-state index in [1.54, 1.807) is 0 Å². The lowest BCUT2D eigenvalue weighted by Gasteiger charge is -2.09. The second-order valence-corrected chi connectivity index (χ2v) is 5.42. The number of sulfonamides is 1. The van der Waals surface area contributed by atoms with Gasteiger partial charge in [0.2, 0.25) is 0 Å². The smallest absolute Gasteiger partial charge is 0.339 e. The van der Waals surface area contributed by atoms with Crippen molar-refractivity contribution in [2.75, 3.05) is 11.8 Å². The van der Waals surface area contributed by atoms with Gasteiger partial charge in [0.15, 0.2) is 0 Å². The molecule has 10 heteroatoms. The molecule has 9 nitrogen and oxygen atoms in total. The second kappa shape index (κ2) is 5.71. The van der Waals surface area contributed by atoms with E-state index in [4.69, 9.17) is 9.84 Å². The first-order chi connectivity index (χ1) is 9.94. The Morgan fingerprint density at radius 2 is 2.10 bits per heavy atom. The molecule has 0 aliphatic carbocycles. The van der Waals surface area contributed by atoms with Crippen molar-refractivity contribution in [3.63, 3.8) is 0 Å². The van der Waals surface area contributed by atoms with Crippen LogP contribution in [-0.2, 0) is 10.0 Å². The molecule has 1 aromatic heterocycles. The van der Waals surface area contributed by atoms with Crippen molar-refractivity contribution in [3.05, 3.63) is 36.2 Å². The summed E-state index contributed by atoms with van der Waals surface area (Å²) >= 11 is 0. The molecule has 0 atom stereocenters. The Morgan fingerprint density at radius 1 is 1.33 bits per heavy atom. The van der Waals surface area contributed by atoms with Crippen LogP contribution in [0.3, 0.4) is 0 Å². The van der Waals surface area contributed by atoms with Gasteiger partial charge in [0, 0.05) is 0 Å². The third kappa shape index (κ3) is 3.23. The summed E-state index contributed by atoms with van der Waals surface area (Å²) in [4.78, 5) is 14.5. The summed E-state index contributed by atoms with van der Waals surface area (Å²) in [6.07, 6.45) is 2.55. The van der Waals surface area contributed by atoms with E-state index in [1.165, 1.54) is 31.6 Å². The SMILES string of the molecule is COc1ccc(S(=O)(=O)Nc2nccnn2)cc1C(=O)O. The second-order valence-electron chi connectivity index (χ2n) is 3.74. The van der Waals surface area contributed by atoms with Crippen LogP contribution in [0.2, 0.25) is 0 Å². The molecular weight excluding hydrogens is 300 g/mol. The summed E-state index contributed by atoms with van der Waals surface area (Å²) in [6.45, 7) is 0. The van der Waals surface area contributed by atoms with Gasteiger partial charge in [-0.15, -0.1) is 5.10 Å². The van der Waals surface area contributed by atoms with E-state index in [9.17, 15) is 13.2 Å². The molecule has 21 heavy (non-hydrogen) atoms. The molecule has 0 radical (unpaired) electrons. The molecule has 1 aromatic carbocycles. The molecule has 0 aliphatic heterocycles. The van der Waals surface area contributed by atoms with E-state index in [2.05, 4.69) is 19.9 Å². The molecule has 0 unspecified atom stereocenters. The molecule has 0 saturated heterocycles. The van der Waals surface area contributed by atoms with Gasteiger partial charge in [0.05, 0.1) is 24.4 Å². The summed E-state index contributed by atoms with van der Waals surface area (Å²) < 4.78 is 31.2. The topological polar surface area (TPSA) is 131 Å². The number of nitrogens with zero attached hydrogens (tertiary/aromatic N) is 3. The van der Waals surface area contributed by atoms with Gasteiger partial charge in [-0.05, 0) is 18.2 Å². The van der Waals surface area contributed by atoms with Crippen LogP contribution in [0.1, 0.15) is 10.4 Å². The van der Waals surface area contributed by atoms with Gasteiger partial charge in [-0.25, -0.2) is 22.9 Å². The van der Waals surface area contributed by atoms with Gasteiger partial charge < -0.3 is 9.84 Å². The zero-order valence-electron chi connectivity index (χ0n) is 10.7. The molecule has 0 bridgehead atoms. The average molecular weight is 310 g/mol. The van der Waals surface area contributed by atoms with E-state index < -0.39 is 16.0 Å². The van der Waals surface area contributed by atoms with Gasteiger partial charge in [-0.2, -0.15) is 5.10 Å². The summed E-state index contributed by atoms with van der Waals surface area (Å²) in [6, 6.07) is 3.45. The van der Waals surface area contributed by atoms with Gasteiger partial charge >= 0.3 is 5.97 Å². The number of carboxylic acid groups (broad SMARTS) is 1. The van der Waals surface area contributed by atoms with Crippen molar-refractivity contribution in [3.8, 4) is 5.75 Å². The molecule has 0 saturated carbocycles. The van der Waals surface area contributed by atoms with Crippen LogP contribution in [-0.4, -0.2) is 41.8 Å². The fourth-order valence-electron chi connectivity index (χ4n) is 1.49. The first-order valence-corrected chi connectivity index (χ1v) is 7.00.